The van der Waals surface area contributed by atoms with Crippen molar-refractivity contribution in [1.29, 1.82) is 0 Å². The number of allylic oxidation sites excluding steroid dienone is 1. The van der Waals surface area contributed by atoms with Gasteiger partial charge in [-0.2, -0.15) is 0 Å². The van der Waals surface area contributed by atoms with E-state index in [0.717, 1.165) is 6.42 Å². The maximum Gasteiger partial charge on any atom is 0.338 e. The Labute approximate surface area is 153 Å². The molecule has 140 valence electrons. The fourth-order valence-electron chi connectivity index (χ4n) is 4.18. The van der Waals surface area contributed by atoms with Crippen molar-refractivity contribution in [2.24, 2.45) is 11.8 Å². The van der Waals surface area contributed by atoms with Gasteiger partial charge in [0, 0.05) is 12.3 Å². The fourth-order valence-corrected chi connectivity index (χ4v) is 4.18. The zero-order valence-corrected chi connectivity index (χ0v) is 15.2. The van der Waals surface area contributed by atoms with Crippen LogP contribution in [0.15, 0.2) is 48.1 Å². The highest BCUT2D eigenvalue weighted by Crippen LogP contribution is 2.48. The lowest BCUT2D eigenvalue weighted by Gasteiger charge is -2.50. The van der Waals surface area contributed by atoms with Crippen LogP contribution in [-0.2, 0) is 4.74 Å². The topological polar surface area (TPSA) is 87.0 Å². The lowest BCUT2D eigenvalue weighted by atomic mass is 9.62. The van der Waals surface area contributed by atoms with Crippen molar-refractivity contribution in [3.05, 3.63) is 53.6 Å². The third kappa shape index (κ3) is 3.06. The van der Waals surface area contributed by atoms with Crippen LogP contribution in [0.3, 0.4) is 0 Å². The van der Waals surface area contributed by atoms with Crippen LogP contribution >= 0.6 is 0 Å². The molecule has 1 saturated carbocycles. The molecule has 5 nitrogen and oxygen atoms in total. The van der Waals surface area contributed by atoms with Gasteiger partial charge >= 0.3 is 5.97 Å². The molecule has 3 N–H and O–H groups in total. The molecule has 1 aromatic carbocycles. The third-order valence-corrected chi connectivity index (χ3v) is 5.64. The van der Waals surface area contributed by atoms with Gasteiger partial charge in [-0.25, -0.2) is 4.79 Å². The van der Waals surface area contributed by atoms with Gasteiger partial charge < -0.3 is 20.1 Å². The summed E-state index contributed by atoms with van der Waals surface area (Å²) in [7, 11) is 0. The summed E-state index contributed by atoms with van der Waals surface area (Å²) in [6, 6.07) is 5.86. The number of aliphatic hydroxyl groups is 2. The molecule has 0 amide bonds. The minimum Gasteiger partial charge on any atom is -0.508 e. The van der Waals surface area contributed by atoms with Crippen molar-refractivity contribution in [3.8, 4) is 5.75 Å². The maximum absolute atomic E-state index is 12.5. The fraction of sp³-hybridized carbons (Fsp3) is 0.476. The van der Waals surface area contributed by atoms with Crippen LogP contribution < -0.4 is 0 Å². The molecule has 0 bridgehead atoms. The second-order valence-electron chi connectivity index (χ2n) is 7.60. The molecule has 0 heterocycles. The van der Waals surface area contributed by atoms with E-state index in [1.54, 1.807) is 0 Å². The molecular formula is C21H26O5. The van der Waals surface area contributed by atoms with Crippen molar-refractivity contribution < 1.29 is 24.9 Å². The van der Waals surface area contributed by atoms with Gasteiger partial charge in [-0.15, -0.1) is 0 Å². The van der Waals surface area contributed by atoms with E-state index in [1.807, 2.05) is 19.9 Å². The van der Waals surface area contributed by atoms with E-state index >= 15 is 0 Å². The number of carbonyl (C=O) groups excluding carboxylic acids is 1. The van der Waals surface area contributed by atoms with Gasteiger partial charge in [0.1, 0.15) is 17.5 Å². The number of carbonyl (C=O) groups is 1. The lowest BCUT2D eigenvalue weighted by molar-refractivity contribution is -0.127. The van der Waals surface area contributed by atoms with E-state index in [0.29, 0.717) is 29.6 Å². The molecule has 5 heteroatoms. The van der Waals surface area contributed by atoms with Crippen LogP contribution in [0.25, 0.3) is 0 Å². The second kappa shape index (κ2) is 6.89. The number of phenolic OH excluding ortho intramolecular Hbond substituents is 1. The summed E-state index contributed by atoms with van der Waals surface area (Å²) in [4.78, 5) is 12.5. The van der Waals surface area contributed by atoms with Gasteiger partial charge in [0.05, 0.1) is 11.7 Å². The maximum atomic E-state index is 12.5. The smallest absolute Gasteiger partial charge is 0.338 e. The third-order valence-electron chi connectivity index (χ3n) is 5.64. The van der Waals surface area contributed by atoms with Crippen molar-refractivity contribution in [3.63, 3.8) is 0 Å². The van der Waals surface area contributed by atoms with Gasteiger partial charge in [-0.05, 0) is 54.2 Å². The number of benzene rings is 1. The Kier molecular flexibility index (Phi) is 4.95. The summed E-state index contributed by atoms with van der Waals surface area (Å²) in [5.74, 6) is -0.838. The Hall–Kier alpha value is -2.11. The normalized spacial score (nSPS) is 31.3. The second-order valence-corrected chi connectivity index (χ2v) is 7.60. The summed E-state index contributed by atoms with van der Waals surface area (Å²) in [5.41, 5.74) is 0.204. The number of hydrogen-bond donors (Lipinski definition) is 3. The van der Waals surface area contributed by atoms with Crippen molar-refractivity contribution >= 4 is 5.97 Å². The van der Waals surface area contributed by atoms with E-state index in [1.165, 1.54) is 24.3 Å². The molecule has 1 aromatic rings. The van der Waals surface area contributed by atoms with Crippen LogP contribution in [0.5, 0.6) is 5.75 Å². The monoisotopic (exact) mass is 358 g/mol. The largest absolute Gasteiger partial charge is 0.508 e. The van der Waals surface area contributed by atoms with Crippen LogP contribution in [0.2, 0.25) is 0 Å². The number of phenols is 1. The predicted molar refractivity (Wildman–Crippen MR) is 97.7 cm³/mol. The molecule has 0 unspecified atom stereocenters. The first kappa shape index (κ1) is 18.7. The lowest BCUT2D eigenvalue weighted by Crippen LogP contribution is -2.59. The summed E-state index contributed by atoms with van der Waals surface area (Å²) >= 11 is 0. The summed E-state index contributed by atoms with van der Waals surface area (Å²) in [5, 5.41) is 31.5. The number of rotatable bonds is 3. The predicted octanol–water partition coefficient (Wildman–Crippen LogP) is 2.96. The van der Waals surface area contributed by atoms with E-state index in [9.17, 15) is 20.1 Å². The standard InChI is InChI=1S/C21H26O5/c1-12(2)18-17(26-20(24)14-7-9-16(22)10-8-14)11-15-6-4-5-13(3)21(15,25)19(18)23/h6-10,12,17-19,22-23,25H,3-5,11H2,1-2H3/t17-,18-,19-,21+/m0/s1. The Morgan fingerprint density at radius 1 is 1.31 bits per heavy atom. The summed E-state index contributed by atoms with van der Waals surface area (Å²) in [6.45, 7) is 7.86. The molecule has 3 rings (SSSR count). The molecule has 0 aliphatic heterocycles. The van der Waals surface area contributed by atoms with E-state index in [2.05, 4.69) is 6.58 Å². The quantitative estimate of drug-likeness (QED) is 0.571. The average molecular weight is 358 g/mol. The number of ether oxygens (including phenoxy) is 1. The first-order valence-corrected chi connectivity index (χ1v) is 9.03. The summed E-state index contributed by atoms with van der Waals surface area (Å²) < 4.78 is 5.73. The van der Waals surface area contributed by atoms with Gasteiger partial charge in [-0.3, -0.25) is 0 Å². The molecule has 4 atom stereocenters. The minimum absolute atomic E-state index is 0.00270. The first-order valence-electron chi connectivity index (χ1n) is 9.03. The molecule has 2 aliphatic rings. The number of aliphatic hydroxyl groups excluding tert-OH is 1. The zero-order chi connectivity index (χ0) is 19.1. The molecule has 0 aromatic heterocycles. The van der Waals surface area contributed by atoms with E-state index in [-0.39, 0.29) is 11.7 Å². The Morgan fingerprint density at radius 2 is 1.96 bits per heavy atom. The molecule has 0 saturated heterocycles. The SMILES string of the molecule is C=C1CCC=C2C[C@H](OC(=O)c3ccc(O)cc3)[C@H](C(C)C)[C@H](O)[C@@]12O. The molecule has 1 fully saturated rings. The Morgan fingerprint density at radius 3 is 2.58 bits per heavy atom. The summed E-state index contributed by atoms with van der Waals surface area (Å²) in [6.07, 6.45) is 2.08. The van der Waals surface area contributed by atoms with Crippen LogP contribution in [-0.4, -0.2) is 39.1 Å². The number of esters is 1. The minimum atomic E-state index is -1.44. The number of fused-ring (bicyclic) bond motifs is 1. The van der Waals surface area contributed by atoms with Crippen LogP contribution in [0, 0.1) is 11.8 Å². The number of hydrogen-bond acceptors (Lipinski definition) is 5. The Balaban J connectivity index is 1.88. The highest BCUT2D eigenvalue weighted by molar-refractivity contribution is 5.89. The van der Waals surface area contributed by atoms with Crippen LogP contribution in [0.1, 0.15) is 43.5 Å². The van der Waals surface area contributed by atoms with Crippen LogP contribution in [0.4, 0.5) is 0 Å². The van der Waals surface area contributed by atoms with Gasteiger partial charge in [-0.1, -0.05) is 26.5 Å². The average Bonchev–Trinajstić information content (AvgIpc) is 2.58. The van der Waals surface area contributed by atoms with Gasteiger partial charge in [0.2, 0.25) is 0 Å². The highest BCUT2D eigenvalue weighted by Gasteiger charge is 2.54. The van der Waals surface area contributed by atoms with Gasteiger partial charge in [0.15, 0.2) is 0 Å². The van der Waals surface area contributed by atoms with Crippen molar-refractivity contribution in [2.75, 3.05) is 0 Å². The first-order chi connectivity index (χ1) is 12.2. The van der Waals surface area contributed by atoms with E-state index < -0.39 is 29.7 Å². The molecule has 0 spiro atoms. The molecule has 0 radical (unpaired) electrons. The molecule has 2 aliphatic carbocycles. The van der Waals surface area contributed by atoms with Crippen molar-refractivity contribution in [2.45, 2.75) is 50.9 Å². The zero-order valence-electron chi connectivity index (χ0n) is 15.2. The van der Waals surface area contributed by atoms with Gasteiger partial charge in [0.25, 0.3) is 0 Å². The Bertz CT molecular complexity index is 733. The molecular weight excluding hydrogens is 332 g/mol. The number of aromatic hydroxyl groups is 1. The van der Waals surface area contributed by atoms with E-state index in [4.69, 9.17) is 4.74 Å². The highest BCUT2D eigenvalue weighted by atomic mass is 16.5. The van der Waals surface area contributed by atoms with Crippen molar-refractivity contribution in [1.82, 2.24) is 0 Å². The molecule has 26 heavy (non-hydrogen) atoms.